The largest absolute Gasteiger partial charge is 0.341 e. The van der Waals surface area contributed by atoms with Crippen LogP contribution in [0, 0.1) is 0 Å². The van der Waals surface area contributed by atoms with E-state index in [2.05, 4.69) is 43.9 Å². The van der Waals surface area contributed by atoms with Gasteiger partial charge in [-0.05, 0) is 30.5 Å². The Morgan fingerprint density at radius 3 is 2.85 bits per heavy atom. The number of hydrogen-bond donors (Lipinski definition) is 0. The van der Waals surface area contributed by atoms with E-state index in [0.29, 0.717) is 5.91 Å². The lowest BCUT2D eigenvalue weighted by Crippen LogP contribution is -2.41. The van der Waals surface area contributed by atoms with Crippen LogP contribution in [0.5, 0.6) is 0 Å². The summed E-state index contributed by atoms with van der Waals surface area (Å²) in [4.78, 5) is 17.2. The van der Waals surface area contributed by atoms with Gasteiger partial charge in [0, 0.05) is 31.5 Å². The molecule has 1 aromatic rings. The molecule has 1 aliphatic heterocycles. The van der Waals surface area contributed by atoms with E-state index in [4.69, 9.17) is 0 Å². The fourth-order valence-electron chi connectivity index (χ4n) is 3.23. The van der Waals surface area contributed by atoms with Crippen LogP contribution in [0.3, 0.4) is 0 Å². The molecule has 1 fully saturated rings. The number of carbonyl (C=O) groups excluding carboxylic acids is 1. The molecule has 0 aromatic heterocycles. The summed E-state index contributed by atoms with van der Waals surface area (Å²) in [5.41, 5.74) is 2.60. The second-order valence-corrected chi connectivity index (χ2v) is 6.46. The lowest BCUT2D eigenvalue weighted by Gasteiger charge is -2.33. The van der Waals surface area contributed by atoms with Gasteiger partial charge in [-0.15, -0.1) is 0 Å². The van der Waals surface area contributed by atoms with Crippen molar-refractivity contribution < 1.29 is 4.79 Å². The van der Waals surface area contributed by atoms with Crippen LogP contribution >= 0.6 is 15.9 Å². The summed E-state index contributed by atoms with van der Waals surface area (Å²) in [6.45, 7) is 4.98. The Labute approximate surface area is 129 Å². The third kappa shape index (κ3) is 2.77. The predicted octanol–water partition coefficient (Wildman–Crippen LogP) is 2.26. The minimum absolute atomic E-state index is 0.119. The van der Waals surface area contributed by atoms with Gasteiger partial charge >= 0.3 is 0 Å². The van der Waals surface area contributed by atoms with E-state index in [1.54, 1.807) is 0 Å². The maximum absolute atomic E-state index is 12.7. The molecule has 4 heteroatoms. The van der Waals surface area contributed by atoms with Crippen LogP contribution in [0.25, 0.3) is 0 Å². The molecule has 0 spiro atoms. The normalized spacial score (nSPS) is 22.9. The number of carbonyl (C=O) groups is 1. The molecular formula is C16H21BrN2O. The van der Waals surface area contributed by atoms with E-state index in [1.165, 1.54) is 11.1 Å². The molecule has 0 N–H and O–H groups in total. The number of nitrogens with zero attached hydrogens (tertiary/aromatic N) is 2. The van der Waals surface area contributed by atoms with Crippen molar-refractivity contribution in [3.63, 3.8) is 0 Å². The van der Waals surface area contributed by atoms with Crippen LogP contribution in [0.15, 0.2) is 24.3 Å². The lowest BCUT2D eigenvalue weighted by molar-refractivity contribution is -0.133. The zero-order chi connectivity index (χ0) is 13.9. The number of halogens is 1. The third-order valence-corrected chi connectivity index (χ3v) is 4.81. The molecule has 1 atom stereocenters. The first kappa shape index (κ1) is 14.1. The zero-order valence-electron chi connectivity index (χ0n) is 11.7. The first-order valence-electron chi connectivity index (χ1n) is 7.44. The van der Waals surface area contributed by atoms with E-state index in [9.17, 15) is 4.79 Å². The van der Waals surface area contributed by atoms with Crippen molar-refractivity contribution in [1.29, 1.82) is 0 Å². The molecule has 0 radical (unpaired) electrons. The van der Waals surface area contributed by atoms with Gasteiger partial charge in [0.15, 0.2) is 0 Å². The third-order valence-electron chi connectivity index (χ3n) is 4.45. The SMILES string of the molecule is O=C(C1Cc2ccccc21)N1CCCN(CCBr)CC1. The average Bonchev–Trinajstić information content (AvgIpc) is 2.66. The molecule has 3 nitrogen and oxygen atoms in total. The fraction of sp³-hybridized carbons (Fsp3) is 0.562. The van der Waals surface area contributed by atoms with Gasteiger partial charge in [-0.25, -0.2) is 0 Å². The van der Waals surface area contributed by atoms with E-state index in [-0.39, 0.29) is 5.92 Å². The number of benzene rings is 1. The summed E-state index contributed by atoms with van der Waals surface area (Å²) in [5.74, 6) is 0.457. The van der Waals surface area contributed by atoms with Crippen LogP contribution in [-0.2, 0) is 11.2 Å². The standard InChI is InChI=1S/C16H21BrN2O/c17-6-9-18-7-3-8-19(11-10-18)16(20)15-12-13-4-1-2-5-14(13)15/h1-2,4-5,15H,3,6-12H2. The first-order valence-corrected chi connectivity index (χ1v) is 8.56. The molecule has 3 rings (SSSR count). The van der Waals surface area contributed by atoms with Crippen molar-refractivity contribution in [2.24, 2.45) is 0 Å². The second kappa shape index (κ2) is 6.27. The van der Waals surface area contributed by atoms with E-state index in [0.717, 1.165) is 50.9 Å². The Morgan fingerprint density at radius 2 is 2.05 bits per heavy atom. The van der Waals surface area contributed by atoms with Gasteiger partial charge in [0.25, 0.3) is 0 Å². The highest BCUT2D eigenvalue weighted by Crippen LogP contribution is 2.36. The fourth-order valence-corrected chi connectivity index (χ4v) is 3.74. The number of hydrogen-bond acceptors (Lipinski definition) is 2. The molecule has 0 saturated carbocycles. The van der Waals surface area contributed by atoms with Crippen molar-refractivity contribution in [2.75, 3.05) is 38.1 Å². The highest BCUT2D eigenvalue weighted by molar-refractivity contribution is 9.09. The van der Waals surface area contributed by atoms with E-state index >= 15 is 0 Å². The molecule has 1 aromatic carbocycles. The molecule has 0 bridgehead atoms. The maximum Gasteiger partial charge on any atom is 0.230 e. The Kier molecular flexibility index (Phi) is 4.41. The van der Waals surface area contributed by atoms with Crippen molar-refractivity contribution in [3.8, 4) is 0 Å². The Balaban J connectivity index is 1.61. The number of amides is 1. The number of alkyl halides is 1. The second-order valence-electron chi connectivity index (χ2n) is 5.66. The van der Waals surface area contributed by atoms with E-state index in [1.807, 2.05) is 6.07 Å². The van der Waals surface area contributed by atoms with Gasteiger partial charge in [-0.1, -0.05) is 40.2 Å². The van der Waals surface area contributed by atoms with Crippen molar-refractivity contribution >= 4 is 21.8 Å². The minimum Gasteiger partial charge on any atom is -0.341 e. The molecular weight excluding hydrogens is 316 g/mol. The van der Waals surface area contributed by atoms with Crippen molar-refractivity contribution in [2.45, 2.75) is 18.8 Å². The summed E-state index contributed by atoms with van der Waals surface area (Å²) in [6, 6.07) is 8.34. The smallest absolute Gasteiger partial charge is 0.230 e. The Bertz CT molecular complexity index is 491. The summed E-state index contributed by atoms with van der Waals surface area (Å²) in [5, 5.41) is 1.01. The summed E-state index contributed by atoms with van der Waals surface area (Å²) >= 11 is 3.49. The molecule has 1 unspecified atom stereocenters. The summed E-state index contributed by atoms with van der Waals surface area (Å²) < 4.78 is 0. The Morgan fingerprint density at radius 1 is 1.20 bits per heavy atom. The van der Waals surface area contributed by atoms with Crippen molar-refractivity contribution in [1.82, 2.24) is 9.80 Å². The minimum atomic E-state index is 0.119. The topological polar surface area (TPSA) is 23.6 Å². The molecule has 108 valence electrons. The van der Waals surface area contributed by atoms with Crippen LogP contribution in [0.4, 0.5) is 0 Å². The molecule has 1 amide bonds. The Hall–Kier alpha value is -0.870. The lowest BCUT2D eigenvalue weighted by atomic mass is 9.77. The van der Waals surface area contributed by atoms with E-state index < -0.39 is 0 Å². The maximum atomic E-state index is 12.7. The summed E-state index contributed by atoms with van der Waals surface area (Å²) in [7, 11) is 0. The molecule has 2 aliphatic rings. The first-order chi connectivity index (χ1) is 9.79. The molecule has 1 saturated heterocycles. The van der Waals surface area contributed by atoms with Crippen molar-refractivity contribution in [3.05, 3.63) is 35.4 Å². The molecule has 1 heterocycles. The average molecular weight is 337 g/mol. The van der Waals surface area contributed by atoms with Crippen LogP contribution in [0.2, 0.25) is 0 Å². The van der Waals surface area contributed by atoms with Gasteiger partial charge in [-0.2, -0.15) is 0 Å². The highest BCUT2D eigenvalue weighted by Gasteiger charge is 2.34. The molecule has 1 aliphatic carbocycles. The van der Waals surface area contributed by atoms with Gasteiger partial charge in [0.2, 0.25) is 5.91 Å². The highest BCUT2D eigenvalue weighted by atomic mass is 79.9. The van der Waals surface area contributed by atoms with Crippen LogP contribution in [0.1, 0.15) is 23.5 Å². The number of rotatable bonds is 3. The van der Waals surface area contributed by atoms with Crippen LogP contribution < -0.4 is 0 Å². The van der Waals surface area contributed by atoms with Gasteiger partial charge in [-0.3, -0.25) is 4.79 Å². The predicted molar refractivity (Wildman–Crippen MR) is 84.3 cm³/mol. The molecule has 20 heavy (non-hydrogen) atoms. The van der Waals surface area contributed by atoms with Gasteiger partial charge < -0.3 is 9.80 Å². The van der Waals surface area contributed by atoms with Gasteiger partial charge in [0.05, 0.1) is 5.92 Å². The van der Waals surface area contributed by atoms with Gasteiger partial charge in [0.1, 0.15) is 0 Å². The zero-order valence-corrected chi connectivity index (χ0v) is 13.3. The van der Waals surface area contributed by atoms with Crippen LogP contribution in [-0.4, -0.2) is 53.8 Å². The number of fused-ring (bicyclic) bond motifs is 1. The summed E-state index contributed by atoms with van der Waals surface area (Å²) in [6.07, 6.45) is 2.02. The monoisotopic (exact) mass is 336 g/mol. The quantitative estimate of drug-likeness (QED) is 0.790.